The summed E-state index contributed by atoms with van der Waals surface area (Å²) < 4.78 is 0. The van der Waals surface area contributed by atoms with E-state index in [2.05, 4.69) is 29.0 Å². The van der Waals surface area contributed by atoms with Crippen LogP contribution >= 0.6 is 0 Å². The second-order valence-electron chi connectivity index (χ2n) is 4.40. The third-order valence-electron chi connectivity index (χ3n) is 2.81. The summed E-state index contributed by atoms with van der Waals surface area (Å²) in [6, 6.07) is 5.97. The fraction of sp³-hybridized carbons (Fsp3) is 0.214. The standard InChI is InChI=1S/C14H15N3O/c1-8-6-9(2)12(10(3)7-8)11-4-5-16-14(17-11)13(15)18/h4-7H,1-3H3,(H2,15,18). The van der Waals surface area contributed by atoms with E-state index in [1.165, 1.54) is 5.56 Å². The molecule has 0 aliphatic rings. The average Bonchev–Trinajstić information content (AvgIpc) is 2.28. The Labute approximate surface area is 106 Å². The normalized spacial score (nSPS) is 10.4. The smallest absolute Gasteiger partial charge is 0.286 e. The Morgan fingerprint density at radius 1 is 1.17 bits per heavy atom. The highest BCUT2D eigenvalue weighted by atomic mass is 16.1. The number of amides is 1. The van der Waals surface area contributed by atoms with Crippen molar-refractivity contribution in [1.29, 1.82) is 0 Å². The van der Waals surface area contributed by atoms with E-state index >= 15 is 0 Å². The molecule has 18 heavy (non-hydrogen) atoms. The molecule has 4 nitrogen and oxygen atoms in total. The quantitative estimate of drug-likeness (QED) is 0.876. The Kier molecular flexibility index (Phi) is 3.10. The van der Waals surface area contributed by atoms with Gasteiger partial charge < -0.3 is 5.73 Å². The zero-order chi connectivity index (χ0) is 13.3. The van der Waals surface area contributed by atoms with E-state index < -0.39 is 5.91 Å². The number of carbonyl (C=O) groups is 1. The highest BCUT2D eigenvalue weighted by Crippen LogP contribution is 2.26. The molecule has 0 saturated carbocycles. The second kappa shape index (κ2) is 4.56. The molecule has 1 aromatic heterocycles. The Morgan fingerprint density at radius 3 is 2.33 bits per heavy atom. The molecular weight excluding hydrogens is 226 g/mol. The maximum absolute atomic E-state index is 11.1. The van der Waals surface area contributed by atoms with E-state index in [4.69, 9.17) is 5.73 Å². The minimum atomic E-state index is -0.612. The summed E-state index contributed by atoms with van der Waals surface area (Å²) in [5.41, 5.74) is 10.4. The number of hydrogen-bond acceptors (Lipinski definition) is 3. The van der Waals surface area contributed by atoms with Crippen molar-refractivity contribution in [3.05, 3.63) is 46.9 Å². The number of carbonyl (C=O) groups excluding carboxylic acids is 1. The first-order valence-corrected chi connectivity index (χ1v) is 5.70. The van der Waals surface area contributed by atoms with Gasteiger partial charge >= 0.3 is 0 Å². The predicted molar refractivity (Wildman–Crippen MR) is 70.2 cm³/mol. The van der Waals surface area contributed by atoms with Crippen LogP contribution < -0.4 is 5.73 Å². The third kappa shape index (κ3) is 2.22. The molecule has 0 bridgehead atoms. The van der Waals surface area contributed by atoms with Gasteiger partial charge in [0.2, 0.25) is 5.82 Å². The largest absolute Gasteiger partial charge is 0.363 e. The molecule has 0 saturated heterocycles. The lowest BCUT2D eigenvalue weighted by molar-refractivity contribution is 0.0990. The third-order valence-corrected chi connectivity index (χ3v) is 2.81. The summed E-state index contributed by atoms with van der Waals surface area (Å²) in [4.78, 5) is 19.2. The molecule has 4 heteroatoms. The van der Waals surface area contributed by atoms with Gasteiger partial charge in [0.25, 0.3) is 5.91 Å². The van der Waals surface area contributed by atoms with Crippen LogP contribution in [-0.2, 0) is 0 Å². The van der Waals surface area contributed by atoms with Gasteiger partial charge in [-0.3, -0.25) is 4.79 Å². The first-order valence-electron chi connectivity index (χ1n) is 5.70. The maximum atomic E-state index is 11.1. The summed E-state index contributed by atoms with van der Waals surface area (Å²) in [5.74, 6) is -0.564. The number of aryl methyl sites for hydroxylation is 3. The van der Waals surface area contributed by atoms with Gasteiger partial charge in [-0.05, 0) is 38.0 Å². The van der Waals surface area contributed by atoms with E-state index in [-0.39, 0.29) is 5.82 Å². The topological polar surface area (TPSA) is 68.9 Å². The molecule has 0 fully saturated rings. The van der Waals surface area contributed by atoms with Crippen molar-refractivity contribution in [3.8, 4) is 11.3 Å². The first-order chi connectivity index (χ1) is 8.49. The molecule has 1 aromatic carbocycles. The Bertz CT molecular complexity index is 597. The number of nitrogens with zero attached hydrogens (tertiary/aromatic N) is 2. The molecule has 2 aromatic rings. The van der Waals surface area contributed by atoms with Gasteiger partial charge in [-0.2, -0.15) is 0 Å². The lowest BCUT2D eigenvalue weighted by Gasteiger charge is -2.10. The van der Waals surface area contributed by atoms with Crippen LogP contribution in [0.2, 0.25) is 0 Å². The summed E-state index contributed by atoms with van der Waals surface area (Å²) in [7, 11) is 0. The summed E-state index contributed by atoms with van der Waals surface area (Å²) in [6.07, 6.45) is 1.56. The van der Waals surface area contributed by atoms with Crippen molar-refractivity contribution < 1.29 is 4.79 Å². The van der Waals surface area contributed by atoms with E-state index in [0.717, 1.165) is 22.4 Å². The molecular formula is C14H15N3O. The number of rotatable bonds is 2. The van der Waals surface area contributed by atoms with Gasteiger partial charge in [-0.15, -0.1) is 0 Å². The Balaban J connectivity index is 2.62. The fourth-order valence-corrected chi connectivity index (χ4v) is 2.20. The number of nitrogens with two attached hydrogens (primary N) is 1. The zero-order valence-corrected chi connectivity index (χ0v) is 10.7. The number of benzene rings is 1. The van der Waals surface area contributed by atoms with Crippen LogP contribution in [0.15, 0.2) is 24.4 Å². The van der Waals surface area contributed by atoms with E-state index in [9.17, 15) is 4.79 Å². The van der Waals surface area contributed by atoms with Crippen LogP contribution in [-0.4, -0.2) is 15.9 Å². The molecule has 92 valence electrons. The van der Waals surface area contributed by atoms with Gasteiger partial charge in [0, 0.05) is 11.8 Å². The monoisotopic (exact) mass is 241 g/mol. The van der Waals surface area contributed by atoms with Gasteiger partial charge in [0.1, 0.15) is 0 Å². The molecule has 2 rings (SSSR count). The molecule has 0 aliphatic heterocycles. The number of hydrogen-bond donors (Lipinski definition) is 1. The molecule has 0 aliphatic carbocycles. The van der Waals surface area contributed by atoms with Crippen LogP contribution in [0.1, 0.15) is 27.3 Å². The Hall–Kier alpha value is -2.23. The van der Waals surface area contributed by atoms with Crippen molar-refractivity contribution in [2.75, 3.05) is 0 Å². The fourth-order valence-electron chi connectivity index (χ4n) is 2.20. The molecule has 1 amide bonds. The Morgan fingerprint density at radius 2 is 1.78 bits per heavy atom. The predicted octanol–water partition coefficient (Wildman–Crippen LogP) is 2.17. The van der Waals surface area contributed by atoms with Crippen LogP contribution in [0, 0.1) is 20.8 Å². The van der Waals surface area contributed by atoms with Crippen LogP contribution in [0.3, 0.4) is 0 Å². The minimum absolute atomic E-state index is 0.0480. The van der Waals surface area contributed by atoms with Crippen molar-refractivity contribution in [2.45, 2.75) is 20.8 Å². The van der Waals surface area contributed by atoms with Crippen LogP contribution in [0.25, 0.3) is 11.3 Å². The highest BCUT2D eigenvalue weighted by molar-refractivity contribution is 5.89. The SMILES string of the molecule is Cc1cc(C)c(-c2ccnc(C(N)=O)n2)c(C)c1. The summed E-state index contributed by atoms with van der Waals surface area (Å²) in [5, 5.41) is 0. The highest BCUT2D eigenvalue weighted by Gasteiger charge is 2.11. The van der Waals surface area contributed by atoms with Crippen molar-refractivity contribution in [1.82, 2.24) is 9.97 Å². The first kappa shape index (κ1) is 12.2. The maximum Gasteiger partial charge on any atom is 0.286 e. The van der Waals surface area contributed by atoms with Gasteiger partial charge in [-0.1, -0.05) is 17.7 Å². The lowest BCUT2D eigenvalue weighted by atomic mass is 9.97. The minimum Gasteiger partial charge on any atom is -0.363 e. The zero-order valence-electron chi connectivity index (χ0n) is 10.7. The van der Waals surface area contributed by atoms with Gasteiger partial charge in [-0.25, -0.2) is 9.97 Å². The van der Waals surface area contributed by atoms with Crippen molar-refractivity contribution in [3.63, 3.8) is 0 Å². The van der Waals surface area contributed by atoms with E-state index in [0.29, 0.717) is 0 Å². The molecule has 0 atom stereocenters. The molecule has 0 radical (unpaired) electrons. The number of aromatic nitrogens is 2. The van der Waals surface area contributed by atoms with Crippen molar-refractivity contribution in [2.24, 2.45) is 5.73 Å². The van der Waals surface area contributed by atoms with Crippen molar-refractivity contribution >= 4 is 5.91 Å². The molecule has 0 unspecified atom stereocenters. The summed E-state index contributed by atoms with van der Waals surface area (Å²) >= 11 is 0. The van der Waals surface area contributed by atoms with Gasteiger partial charge in [0.15, 0.2) is 0 Å². The number of primary amides is 1. The summed E-state index contributed by atoms with van der Waals surface area (Å²) in [6.45, 7) is 6.11. The van der Waals surface area contributed by atoms with Gasteiger partial charge in [0.05, 0.1) is 5.69 Å². The molecule has 2 N–H and O–H groups in total. The van der Waals surface area contributed by atoms with Crippen LogP contribution in [0.4, 0.5) is 0 Å². The molecule has 0 spiro atoms. The van der Waals surface area contributed by atoms with E-state index in [1.54, 1.807) is 12.3 Å². The van der Waals surface area contributed by atoms with E-state index in [1.807, 2.05) is 13.8 Å². The average molecular weight is 241 g/mol. The second-order valence-corrected chi connectivity index (χ2v) is 4.40. The van der Waals surface area contributed by atoms with Crippen LogP contribution in [0.5, 0.6) is 0 Å². The molecule has 1 heterocycles. The lowest BCUT2D eigenvalue weighted by Crippen LogP contribution is -2.15.